The number of carbonyl (C=O) groups is 2. The summed E-state index contributed by atoms with van der Waals surface area (Å²) in [7, 11) is 0. The number of carbonyl (C=O) groups excluding carboxylic acids is 2. The minimum Gasteiger partial charge on any atom is -0.368 e. The van der Waals surface area contributed by atoms with Crippen molar-refractivity contribution >= 4 is 23.4 Å². The van der Waals surface area contributed by atoms with Crippen molar-refractivity contribution in [3.8, 4) is 11.3 Å². The van der Waals surface area contributed by atoms with Gasteiger partial charge in [-0.1, -0.05) is 23.7 Å². The molecule has 6 nitrogen and oxygen atoms in total. The maximum atomic E-state index is 12.1. The normalized spacial score (nSPS) is 11.2. The lowest BCUT2D eigenvalue weighted by atomic mass is 10.0. The van der Waals surface area contributed by atoms with Crippen molar-refractivity contribution < 1.29 is 9.59 Å². The van der Waals surface area contributed by atoms with Gasteiger partial charge in [0.15, 0.2) is 0 Å². The third-order valence-electron chi connectivity index (χ3n) is 3.00. The van der Waals surface area contributed by atoms with Crippen LogP contribution in [0.4, 0.5) is 0 Å². The molecule has 110 valence electrons. The third kappa shape index (κ3) is 3.41. The molecule has 0 aliphatic carbocycles. The molecule has 4 N–H and O–H groups in total. The first-order chi connectivity index (χ1) is 9.79. The van der Waals surface area contributed by atoms with E-state index < -0.39 is 17.4 Å². The van der Waals surface area contributed by atoms with Crippen LogP contribution in [0.5, 0.6) is 0 Å². The molecule has 0 radical (unpaired) electrons. The Morgan fingerprint density at radius 1 is 1.29 bits per heavy atom. The summed E-state index contributed by atoms with van der Waals surface area (Å²) < 4.78 is 0. The quantitative estimate of drug-likeness (QED) is 0.801. The summed E-state index contributed by atoms with van der Waals surface area (Å²) in [5, 5.41) is 9.86. The SMILES string of the molecule is CC(C)(NC(=O)c1cc(-c2ccc(Cl)cc2)n[nH]1)C(N)=O. The molecule has 2 aromatic rings. The first kappa shape index (κ1) is 15.1. The second-order valence-electron chi connectivity index (χ2n) is 5.12. The fourth-order valence-electron chi connectivity index (χ4n) is 1.62. The van der Waals surface area contributed by atoms with Crippen molar-refractivity contribution in [3.63, 3.8) is 0 Å². The lowest BCUT2D eigenvalue weighted by Crippen LogP contribution is -2.53. The van der Waals surface area contributed by atoms with Gasteiger partial charge >= 0.3 is 0 Å². The van der Waals surface area contributed by atoms with E-state index in [-0.39, 0.29) is 5.69 Å². The Labute approximate surface area is 126 Å². The molecule has 0 spiro atoms. The van der Waals surface area contributed by atoms with Gasteiger partial charge in [0.25, 0.3) is 5.91 Å². The van der Waals surface area contributed by atoms with Crippen LogP contribution in [0.2, 0.25) is 5.02 Å². The topological polar surface area (TPSA) is 101 Å². The number of aromatic nitrogens is 2. The van der Waals surface area contributed by atoms with E-state index >= 15 is 0 Å². The molecule has 0 unspecified atom stereocenters. The largest absolute Gasteiger partial charge is 0.368 e. The minimum absolute atomic E-state index is 0.245. The van der Waals surface area contributed by atoms with Crippen LogP contribution in [0.3, 0.4) is 0 Å². The molecule has 1 aromatic carbocycles. The molecule has 2 rings (SSSR count). The third-order valence-corrected chi connectivity index (χ3v) is 3.26. The van der Waals surface area contributed by atoms with E-state index in [1.807, 2.05) is 0 Å². The Hall–Kier alpha value is -2.34. The summed E-state index contributed by atoms with van der Waals surface area (Å²) >= 11 is 5.82. The van der Waals surface area contributed by atoms with Gasteiger partial charge in [-0.3, -0.25) is 14.7 Å². The molecule has 0 atom stereocenters. The summed E-state index contributed by atoms with van der Waals surface area (Å²) in [6.07, 6.45) is 0. The molecular formula is C14H15ClN4O2. The number of H-pyrrole nitrogens is 1. The molecule has 0 saturated carbocycles. The zero-order valence-corrected chi connectivity index (χ0v) is 12.4. The van der Waals surface area contributed by atoms with Crippen LogP contribution in [0.15, 0.2) is 30.3 Å². The van der Waals surface area contributed by atoms with Crippen molar-refractivity contribution in [2.24, 2.45) is 5.73 Å². The average Bonchev–Trinajstić information content (AvgIpc) is 2.88. The predicted octanol–water partition coefficient (Wildman–Crippen LogP) is 1.72. The van der Waals surface area contributed by atoms with Gasteiger partial charge in [-0.15, -0.1) is 0 Å². The maximum Gasteiger partial charge on any atom is 0.270 e. The Morgan fingerprint density at radius 2 is 1.90 bits per heavy atom. The van der Waals surface area contributed by atoms with Crippen LogP contribution in [-0.2, 0) is 4.79 Å². The summed E-state index contributed by atoms with van der Waals surface area (Å²) in [5.41, 5.74) is 5.75. The number of hydrogen-bond donors (Lipinski definition) is 3. The number of rotatable bonds is 4. The Morgan fingerprint density at radius 3 is 2.48 bits per heavy atom. The molecule has 0 bridgehead atoms. The van der Waals surface area contributed by atoms with Crippen molar-refractivity contribution in [1.29, 1.82) is 0 Å². The number of amides is 2. The van der Waals surface area contributed by atoms with Gasteiger partial charge in [-0.25, -0.2) is 0 Å². The number of nitrogens with two attached hydrogens (primary N) is 1. The summed E-state index contributed by atoms with van der Waals surface area (Å²) in [4.78, 5) is 23.3. The highest BCUT2D eigenvalue weighted by Crippen LogP contribution is 2.20. The zero-order chi connectivity index (χ0) is 15.6. The molecule has 1 heterocycles. The molecule has 7 heteroatoms. The summed E-state index contributed by atoms with van der Waals surface area (Å²) in [6, 6.07) is 8.67. The highest BCUT2D eigenvalue weighted by Gasteiger charge is 2.28. The number of nitrogens with zero attached hydrogens (tertiary/aromatic N) is 1. The van der Waals surface area contributed by atoms with E-state index in [0.29, 0.717) is 10.7 Å². The van der Waals surface area contributed by atoms with Crippen molar-refractivity contribution in [2.75, 3.05) is 0 Å². The number of primary amides is 1. The smallest absolute Gasteiger partial charge is 0.270 e. The van der Waals surface area contributed by atoms with E-state index in [1.165, 1.54) is 13.8 Å². The fraction of sp³-hybridized carbons (Fsp3) is 0.214. The van der Waals surface area contributed by atoms with Crippen LogP contribution in [0.25, 0.3) is 11.3 Å². The van der Waals surface area contributed by atoms with E-state index in [2.05, 4.69) is 15.5 Å². The summed E-state index contributed by atoms with van der Waals surface area (Å²) in [5.74, 6) is -1.07. The second kappa shape index (κ2) is 5.57. The van der Waals surface area contributed by atoms with Crippen molar-refractivity contribution in [2.45, 2.75) is 19.4 Å². The molecule has 1 aromatic heterocycles. The van der Waals surface area contributed by atoms with Crippen molar-refractivity contribution in [1.82, 2.24) is 15.5 Å². The average molecular weight is 307 g/mol. The Bertz CT molecular complexity index is 677. The number of hydrogen-bond acceptors (Lipinski definition) is 3. The van der Waals surface area contributed by atoms with Crippen LogP contribution < -0.4 is 11.1 Å². The maximum absolute atomic E-state index is 12.1. The monoisotopic (exact) mass is 306 g/mol. The Kier molecular flexibility index (Phi) is 3.99. The van der Waals surface area contributed by atoms with Crippen LogP contribution in [-0.4, -0.2) is 27.6 Å². The molecule has 0 aliphatic heterocycles. The standard InChI is InChI=1S/C14H15ClN4O2/c1-14(2,13(16)21)17-12(20)11-7-10(18-19-11)8-3-5-9(15)6-4-8/h3-7H,1-2H3,(H2,16,21)(H,17,20)(H,18,19). The molecule has 0 saturated heterocycles. The number of halogens is 1. The summed E-state index contributed by atoms with van der Waals surface area (Å²) in [6.45, 7) is 3.06. The number of nitrogens with one attached hydrogen (secondary N) is 2. The molecule has 21 heavy (non-hydrogen) atoms. The van der Waals surface area contributed by atoms with Crippen LogP contribution >= 0.6 is 11.6 Å². The first-order valence-corrected chi connectivity index (χ1v) is 6.61. The highest BCUT2D eigenvalue weighted by molar-refractivity contribution is 6.30. The molecule has 0 aliphatic rings. The molecule has 0 fully saturated rings. The second-order valence-corrected chi connectivity index (χ2v) is 5.55. The van der Waals surface area contributed by atoms with Gasteiger partial charge in [0, 0.05) is 10.6 Å². The molecular weight excluding hydrogens is 292 g/mol. The van der Waals surface area contributed by atoms with E-state index in [9.17, 15) is 9.59 Å². The number of benzene rings is 1. The van der Waals surface area contributed by atoms with E-state index in [1.54, 1.807) is 30.3 Å². The van der Waals surface area contributed by atoms with Crippen LogP contribution in [0.1, 0.15) is 24.3 Å². The van der Waals surface area contributed by atoms with Crippen molar-refractivity contribution in [3.05, 3.63) is 41.0 Å². The van der Waals surface area contributed by atoms with E-state index in [0.717, 1.165) is 5.56 Å². The fourth-order valence-corrected chi connectivity index (χ4v) is 1.75. The van der Waals surface area contributed by atoms with Gasteiger partial charge in [-0.2, -0.15) is 5.10 Å². The Balaban J connectivity index is 2.18. The van der Waals surface area contributed by atoms with Gasteiger partial charge < -0.3 is 11.1 Å². The van der Waals surface area contributed by atoms with Gasteiger partial charge in [0.1, 0.15) is 11.2 Å². The van der Waals surface area contributed by atoms with Gasteiger partial charge in [0.05, 0.1) is 5.69 Å². The van der Waals surface area contributed by atoms with Crippen LogP contribution in [0, 0.1) is 0 Å². The first-order valence-electron chi connectivity index (χ1n) is 6.23. The predicted molar refractivity (Wildman–Crippen MR) is 79.8 cm³/mol. The highest BCUT2D eigenvalue weighted by atomic mass is 35.5. The van der Waals surface area contributed by atoms with E-state index in [4.69, 9.17) is 17.3 Å². The minimum atomic E-state index is -1.14. The van der Waals surface area contributed by atoms with Gasteiger partial charge in [0.2, 0.25) is 5.91 Å². The number of aromatic amines is 1. The molecule has 2 amide bonds. The van der Waals surface area contributed by atoms with Gasteiger partial charge in [-0.05, 0) is 32.0 Å². The lowest BCUT2D eigenvalue weighted by molar-refractivity contribution is -0.122. The lowest BCUT2D eigenvalue weighted by Gasteiger charge is -2.21. The zero-order valence-electron chi connectivity index (χ0n) is 11.6.